The van der Waals surface area contributed by atoms with Gasteiger partial charge in [-0.3, -0.25) is 9.59 Å². The van der Waals surface area contributed by atoms with Crippen LogP contribution in [0.1, 0.15) is 23.5 Å². The Labute approximate surface area is 175 Å². The van der Waals surface area contributed by atoms with Crippen LogP contribution < -0.4 is 10.2 Å². The second kappa shape index (κ2) is 6.91. The lowest BCUT2D eigenvalue weighted by molar-refractivity contribution is -0.135. The number of rotatable bonds is 2. The molecule has 0 fully saturated rings. The van der Waals surface area contributed by atoms with Gasteiger partial charge in [-0.15, -0.1) is 0 Å². The van der Waals surface area contributed by atoms with Crippen molar-refractivity contribution in [3.63, 3.8) is 0 Å². The molecule has 1 aliphatic rings. The number of fused-ring (bicyclic) bond motifs is 3. The zero-order chi connectivity index (χ0) is 21.7. The first-order valence-corrected chi connectivity index (χ1v) is 9.54. The van der Waals surface area contributed by atoms with Crippen molar-refractivity contribution < 1.29 is 29.3 Å². The normalized spacial score (nSPS) is 15.5. The van der Waals surface area contributed by atoms with Gasteiger partial charge in [-0.1, -0.05) is 30.3 Å². The number of hydrogen-bond acceptors (Lipinski definition) is 7. The second-order valence-corrected chi connectivity index (χ2v) is 7.31. The summed E-state index contributed by atoms with van der Waals surface area (Å²) in [4.78, 5) is 25.2. The van der Waals surface area contributed by atoms with Crippen molar-refractivity contribution in [2.24, 2.45) is 0 Å². The Morgan fingerprint density at radius 1 is 0.903 bits per heavy atom. The van der Waals surface area contributed by atoms with Gasteiger partial charge in [0, 0.05) is 23.1 Å². The first-order chi connectivity index (χ1) is 14.9. The summed E-state index contributed by atoms with van der Waals surface area (Å²) in [6.07, 6.45) is 0.0238. The molecule has 0 unspecified atom stereocenters. The van der Waals surface area contributed by atoms with Crippen molar-refractivity contribution in [3.05, 3.63) is 82.0 Å². The van der Waals surface area contributed by atoms with Crippen LogP contribution in [-0.4, -0.2) is 21.3 Å². The summed E-state index contributed by atoms with van der Waals surface area (Å²) in [6.45, 7) is 0. The van der Waals surface area contributed by atoms with E-state index in [1.54, 1.807) is 0 Å². The second-order valence-electron chi connectivity index (χ2n) is 7.31. The average molecular weight is 416 g/mol. The molecule has 3 N–H and O–H groups in total. The molecule has 1 aromatic heterocycles. The molecule has 0 amide bonds. The Morgan fingerprint density at radius 2 is 1.61 bits per heavy atom. The van der Waals surface area contributed by atoms with Crippen molar-refractivity contribution in [2.45, 2.75) is 12.3 Å². The van der Waals surface area contributed by atoms with E-state index in [1.165, 1.54) is 30.3 Å². The molecule has 1 aliphatic heterocycles. The van der Waals surface area contributed by atoms with Gasteiger partial charge in [0.15, 0.2) is 5.76 Å². The van der Waals surface area contributed by atoms with Crippen LogP contribution in [-0.2, 0) is 4.79 Å². The van der Waals surface area contributed by atoms with Gasteiger partial charge in [0.2, 0.25) is 11.2 Å². The first kappa shape index (κ1) is 18.7. The molecule has 0 radical (unpaired) electrons. The molecule has 31 heavy (non-hydrogen) atoms. The van der Waals surface area contributed by atoms with Gasteiger partial charge in [0.25, 0.3) is 0 Å². The van der Waals surface area contributed by atoms with Crippen molar-refractivity contribution in [1.82, 2.24) is 0 Å². The summed E-state index contributed by atoms with van der Waals surface area (Å²) in [5.41, 5.74) is 0.830. The number of phenolic OH excluding ortho intramolecular Hbond substituents is 2. The van der Waals surface area contributed by atoms with E-state index in [9.17, 15) is 24.9 Å². The SMILES string of the molecule is O=C1C[C@@H](c2ccccc2)c2c(cc(O)c3c(=O)c(O)c(-c4ccc(O)cc4)oc23)O1. The van der Waals surface area contributed by atoms with Crippen LogP contribution in [0.5, 0.6) is 23.0 Å². The standard InChI is InChI=1S/C24H16O7/c25-14-8-6-13(7-9-14)23-22(29)21(28)20-16(26)11-17-19(24(20)31-23)15(10-18(27)30-17)12-4-2-1-3-5-12/h1-9,11,15,25-26,29H,10H2/t15-/m0/s1. The number of carbonyl (C=O) groups excluding carboxylic acids is 1. The molecule has 3 aromatic carbocycles. The van der Waals surface area contributed by atoms with Crippen molar-refractivity contribution in [1.29, 1.82) is 0 Å². The smallest absolute Gasteiger partial charge is 0.312 e. The molecule has 7 heteroatoms. The number of carbonyl (C=O) groups is 1. The zero-order valence-electron chi connectivity index (χ0n) is 16.0. The Hall–Kier alpha value is -4.26. The minimum atomic E-state index is -0.812. The molecule has 0 saturated carbocycles. The summed E-state index contributed by atoms with van der Waals surface area (Å²) in [6, 6.07) is 16.2. The molecule has 2 heterocycles. The van der Waals surface area contributed by atoms with Gasteiger partial charge in [-0.2, -0.15) is 0 Å². The molecule has 5 rings (SSSR count). The van der Waals surface area contributed by atoms with Crippen LogP contribution in [0.15, 0.2) is 69.9 Å². The molecule has 0 saturated heterocycles. The zero-order valence-corrected chi connectivity index (χ0v) is 16.0. The van der Waals surface area contributed by atoms with Crippen molar-refractivity contribution in [2.75, 3.05) is 0 Å². The number of benzene rings is 3. The quantitative estimate of drug-likeness (QED) is 0.334. The van der Waals surface area contributed by atoms with Crippen LogP contribution >= 0.6 is 0 Å². The van der Waals surface area contributed by atoms with Gasteiger partial charge in [-0.05, 0) is 29.8 Å². The van der Waals surface area contributed by atoms with Crippen LogP contribution in [0.4, 0.5) is 0 Å². The highest BCUT2D eigenvalue weighted by atomic mass is 16.5. The van der Waals surface area contributed by atoms with Crippen LogP contribution in [0.2, 0.25) is 0 Å². The molecule has 0 spiro atoms. The fourth-order valence-electron chi connectivity index (χ4n) is 3.96. The van der Waals surface area contributed by atoms with Crippen molar-refractivity contribution >= 4 is 16.9 Å². The number of esters is 1. The molecule has 7 nitrogen and oxygen atoms in total. The molecule has 0 aliphatic carbocycles. The van der Waals surface area contributed by atoms with Gasteiger partial charge >= 0.3 is 5.97 Å². The first-order valence-electron chi connectivity index (χ1n) is 9.54. The largest absolute Gasteiger partial charge is 0.508 e. The number of hydrogen-bond donors (Lipinski definition) is 3. The predicted octanol–water partition coefficient (Wildman–Crippen LogP) is 4.02. The predicted molar refractivity (Wildman–Crippen MR) is 111 cm³/mol. The van der Waals surface area contributed by atoms with E-state index >= 15 is 0 Å². The van der Waals surface area contributed by atoms with E-state index in [4.69, 9.17) is 9.15 Å². The van der Waals surface area contributed by atoms with Crippen LogP contribution in [0, 0.1) is 0 Å². The third-order valence-electron chi connectivity index (χ3n) is 5.40. The monoisotopic (exact) mass is 416 g/mol. The number of phenols is 2. The van der Waals surface area contributed by atoms with Crippen LogP contribution in [0.25, 0.3) is 22.3 Å². The summed E-state index contributed by atoms with van der Waals surface area (Å²) >= 11 is 0. The maximum Gasteiger partial charge on any atom is 0.312 e. The Balaban J connectivity index is 1.86. The van der Waals surface area contributed by atoms with Crippen molar-refractivity contribution in [3.8, 4) is 34.3 Å². The summed E-state index contributed by atoms with van der Waals surface area (Å²) < 4.78 is 11.3. The number of aromatic hydroxyl groups is 3. The Bertz CT molecular complexity index is 1390. The average Bonchev–Trinajstić information content (AvgIpc) is 2.76. The van der Waals surface area contributed by atoms with E-state index in [2.05, 4.69) is 0 Å². The topological polar surface area (TPSA) is 117 Å². The van der Waals surface area contributed by atoms with Gasteiger partial charge < -0.3 is 24.5 Å². The fourth-order valence-corrected chi connectivity index (χ4v) is 3.96. The highest BCUT2D eigenvalue weighted by Crippen LogP contribution is 2.46. The molecule has 0 bridgehead atoms. The summed E-state index contributed by atoms with van der Waals surface area (Å²) in [5, 5.41) is 30.3. The summed E-state index contributed by atoms with van der Waals surface area (Å²) in [5.74, 6) is -2.08. The van der Waals surface area contributed by atoms with E-state index < -0.39 is 28.8 Å². The highest BCUT2D eigenvalue weighted by Gasteiger charge is 2.34. The van der Waals surface area contributed by atoms with Gasteiger partial charge in [-0.25, -0.2) is 0 Å². The molecular formula is C24H16O7. The van der Waals surface area contributed by atoms with E-state index in [0.717, 1.165) is 5.56 Å². The lowest BCUT2D eigenvalue weighted by atomic mass is 9.85. The van der Waals surface area contributed by atoms with Crippen LogP contribution in [0.3, 0.4) is 0 Å². The maximum absolute atomic E-state index is 13.0. The highest BCUT2D eigenvalue weighted by molar-refractivity contribution is 5.94. The fraction of sp³-hybridized carbons (Fsp3) is 0.0833. The van der Waals surface area contributed by atoms with Gasteiger partial charge in [0.1, 0.15) is 28.2 Å². The molecule has 4 aromatic rings. The maximum atomic E-state index is 13.0. The Morgan fingerprint density at radius 3 is 2.32 bits per heavy atom. The third-order valence-corrected chi connectivity index (χ3v) is 5.40. The van der Waals surface area contributed by atoms with Gasteiger partial charge in [0.05, 0.1) is 6.42 Å². The minimum Gasteiger partial charge on any atom is -0.508 e. The van der Waals surface area contributed by atoms with E-state index in [-0.39, 0.29) is 34.6 Å². The summed E-state index contributed by atoms with van der Waals surface area (Å²) in [7, 11) is 0. The lowest BCUT2D eigenvalue weighted by Crippen LogP contribution is -2.22. The molecular weight excluding hydrogens is 400 g/mol. The number of ether oxygens (including phenoxy) is 1. The van der Waals surface area contributed by atoms with E-state index in [1.807, 2.05) is 30.3 Å². The minimum absolute atomic E-state index is 0.0115. The molecule has 1 atom stereocenters. The lowest BCUT2D eigenvalue weighted by Gasteiger charge is -2.26. The van der Waals surface area contributed by atoms with E-state index in [0.29, 0.717) is 11.1 Å². The Kier molecular flexibility index (Phi) is 4.18. The third kappa shape index (κ3) is 2.98. The molecule has 154 valence electrons.